The molecule has 0 saturated heterocycles. The first-order valence-electron chi connectivity index (χ1n) is 4.84. The van der Waals surface area contributed by atoms with E-state index < -0.39 is 0 Å². The van der Waals surface area contributed by atoms with Crippen molar-refractivity contribution in [3.05, 3.63) is 24.3 Å². The number of para-hydroxylation sites is 2. The molecule has 1 aliphatic carbocycles. The van der Waals surface area contributed by atoms with Crippen LogP contribution in [0.5, 0.6) is 5.75 Å². The highest BCUT2D eigenvalue weighted by atomic mass is 16.5. The third-order valence-corrected chi connectivity index (χ3v) is 2.37. The summed E-state index contributed by atoms with van der Waals surface area (Å²) in [6.07, 6.45) is 3.52. The minimum atomic E-state index is 0.830. The van der Waals surface area contributed by atoms with Crippen molar-refractivity contribution in [2.45, 2.75) is 19.3 Å². The van der Waals surface area contributed by atoms with E-state index in [4.69, 9.17) is 4.74 Å². The molecule has 2 rings (SSSR count). The van der Waals surface area contributed by atoms with Gasteiger partial charge in [-0.3, -0.25) is 5.43 Å². The lowest BCUT2D eigenvalue weighted by Gasteiger charge is -2.15. The second-order valence-corrected chi connectivity index (χ2v) is 3.34. The summed E-state index contributed by atoms with van der Waals surface area (Å²) in [6.45, 7) is 0. The summed E-state index contributed by atoms with van der Waals surface area (Å²) in [5.41, 5.74) is 5.20. The van der Waals surface area contributed by atoms with Crippen LogP contribution in [0.25, 0.3) is 0 Å². The summed E-state index contributed by atoms with van der Waals surface area (Å²) in [6, 6.07) is 7.79. The molecule has 0 amide bonds. The Bertz CT molecular complexity index is 341. The van der Waals surface area contributed by atoms with Crippen molar-refractivity contribution >= 4 is 11.4 Å². The third-order valence-electron chi connectivity index (χ3n) is 2.37. The molecule has 1 aromatic carbocycles. The molecule has 1 N–H and O–H groups in total. The van der Waals surface area contributed by atoms with Gasteiger partial charge in [0.1, 0.15) is 5.75 Å². The zero-order valence-electron chi connectivity index (χ0n) is 8.29. The van der Waals surface area contributed by atoms with Crippen molar-refractivity contribution in [1.29, 1.82) is 0 Å². The monoisotopic (exact) mass is 190 g/mol. The molecule has 0 spiro atoms. The summed E-state index contributed by atoms with van der Waals surface area (Å²) < 4.78 is 5.20. The van der Waals surface area contributed by atoms with E-state index in [9.17, 15) is 0 Å². The third kappa shape index (κ3) is 1.87. The Morgan fingerprint density at radius 1 is 1.29 bits per heavy atom. The predicted octanol–water partition coefficient (Wildman–Crippen LogP) is 2.65. The molecule has 14 heavy (non-hydrogen) atoms. The molecule has 0 unspecified atom stereocenters. The first-order chi connectivity index (χ1) is 6.90. The standard InChI is InChI=1S/C11H14N2O/c1-14-11-8-3-2-7-10(11)13-12-9-5-4-6-9/h2-3,7-8,13H,4-6H2,1H3. The van der Waals surface area contributed by atoms with Gasteiger partial charge in [-0.15, -0.1) is 0 Å². The molecule has 1 aliphatic rings. The molecule has 1 fully saturated rings. The number of hydrogen-bond donors (Lipinski definition) is 1. The zero-order valence-corrected chi connectivity index (χ0v) is 8.29. The van der Waals surface area contributed by atoms with Crippen LogP contribution in [-0.2, 0) is 0 Å². The second-order valence-electron chi connectivity index (χ2n) is 3.34. The van der Waals surface area contributed by atoms with Gasteiger partial charge in [0.25, 0.3) is 0 Å². The van der Waals surface area contributed by atoms with Crippen LogP contribution in [-0.4, -0.2) is 12.8 Å². The summed E-state index contributed by atoms with van der Waals surface area (Å²) in [5, 5.41) is 4.29. The average molecular weight is 190 g/mol. The Kier molecular flexibility index (Phi) is 2.68. The fraction of sp³-hybridized carbons (Fsp3) is 0.364. The van der Waals surface area contributed by atoms with Crippen LogP contribution in [0, 0.1) is 0 Å². The Hall–Kier alpha value is -1.51. The molecule has 0 aromatic heterocycles. The topological polar surface area (TPSA) is 33.6 Å². The van der Waals surface area contributed by atoms with E-state index in [1.165, 1.54) is 12.1 Å². The van der Waals surface area contributed by atoms with Crippen LogP contribution in [0.15, 0.2) is 29.4 Å². The first kappa shape index (κ1) is 9.06. The van der Waals surface area contributed by atoms with Gasteiger partial charge in [0.05, 0.1) is 12.8 Å². The highest BCUT2D eigenvalue weighted by molar-refractivity contribution is 5.89. The molecule has 1 saturated carbocycles. The van der Waals surface area contributed by atoms with Gasteiger partial charge >= 0.3 is 0 Å². The molecule has 0 atom stereocenters. The van der Waals surface area contributed by atoms with E-state index in [0.717, 1.165) is 24.3 Å². The number of hydrazone groups is 1. The second kappa shape index (κ2) is 4.13. The number of methoxy groups -OCH3 is 1. The lowest BCUT2D eigenvalue weighted by atomic mass is 9.98. The molecule has 3 nitrogen and oxygen atoms in total. The largest absolute Gasteiger partial charge is 0.495 e. The minimum Gasteiger partial charge on any atom is -0.495 e. The molecule has 1 aromatic rings. The molecule has 0 radical (unpaired) electrons. The molecular formula is C11H14N2O. The van der Waals surface area contributed by atoms with E-state index in [1.54, 1.807) is 7.11 Å². The van der Waals surface area contributed by atoms with Crippen molar-refractivity contribution in [3.63, 3.8) is 0 Å². The number of ether oxygens (including phenoxy) is 1. The Morgan fingerprint density at radius 3 is 2.71 bits per heavy atom. The molecule has 3 heteroatoms. The number of nitrogens with zero attached hydrogens (tertiary/aromatic N) is 1. The lowest BCUT2D eigenvalue weighted by Crippen LogP contribution is -2.11. The lowest BCUT2D eigenvalue weighted by molar-refractivity contribution is 0.416. The molecule has 0 heterocycles. The quantitative estimate of drug-likeness (QED) is 0.743. The van der Waals surface area contributed by atoms with Gasteiger partial charge in [-0.25, -0.2) is 0 Å². The maximum absolute atomic E-state index is 5.20. The van der Waals surface area contributed by atoms with Gasteiger partial charge in [0.15, 0.2) is 0 Å². The van der Waals surface area contributed by atoms with Crippen LogP contribution in [0.1, 0.15) is 19.3 Å². The van der Waals surface area contributed by atoms with Crippen molar-refractivity contribution < 1.29 is 4.74 Å². The SMILES string of the molecule is COc1ccccc1NN=C1CCC1. The predicted molar refractivity (Wildman–Crippen MR) is 57.9 cm³/mol. The van der Waals surface area contributed by atoms with Gasteiger partial charge < -0.3 is 4.74 Å². The number of benzene rings is 1. The summed E-state index contributed by atoms with van der Waals surface area (Å²) in [5.74, 6) is 0.830. The molecular weight excluding hydrogens is 176 g/mol. The fourth-order valence-electron chi connectivity index (χ4n) is 1.32. The number of nitrogens with one attached hydrogen (secondary N) is 1. The summed E-state index contributed by atoms with van der Waals surface area (Å²) in [4.78, 5) is 0. The van der Waals surface area contributed by atoms with E-state index in [1.807, 2.05) is 24.3 Å². The highest BCUT2D eigenvalue weighted by Gasteiger charge is 2.09. The first-order valence-corrected chi connectivity index (χ1v) is 4.84. The summed E-state index contributed by atoms with van der Waals surface area (Å²) >= 11 is 0. The van der Waals surface area contributed by atoms with Crippen LogP contribution < -0.4 is 10.2 Å². The van der Waals surface area contributed by atoms with Gasteiger partial charge in [-0.05, 0) is 31.4 Å². The van der Waals surface area contributed by atoms with Crippen LogP contribution in [0.4, 0.5) is 5.69 Å². The van der Waals surface area contributed by atoms with Crippen LogP contribution in [0.2, 0.25) is 0 Å². The maximum Gasteiger partial charge on any atom is 0.143 e. The number of anilines is 1. The van der Waals surface area contributed by atoms with Gasteiger partial charge in [-0.1, -0.05) is 12.1 Å². The molecule has 0 aliphatic heterocycles. The van der Waals surface area contributed by atoms with Gasteiger partial charge in [0.2, 0.25) is 0 Å². The van der Waals surface area contributed by atoms with E-state index >= 15 is 0 Å². The fourth-order valence-corrected chi connectivity index (χ4v) is 1.32. The maximum atomic E-state index is 5.20. The highest BCUT2D eigenvalue weighted by Crippen LogP contribution is 2.23. The molecule has 74 valence electrons. The zero-order chi connectivity index (χ0) is 9.80. The van der Waals surface area contributed by atoms with E-state index in [-0.39, 0.29) is 0 Å². The van der Waals surface area contributed by atoms with Crippen molar-refractivity contribution in [3.8, 4) is 5.75 Å². The number of hydrogen-bond acceptors (Lipinski definition) is 3. The Morgan fingerprint density at radius 2 is 2.07 bits per heavy atom. The van der Waals surface area contributed by atoms with Crippen molar-refractivity contribution in [2.24, 2.45) is 5.10 Å². The van der Waals surface area contributed by atoms with E-state index in [2.05, 4.69) is 10.5 Å². The normalized spacial score (nSPS) is 14.5. The Labute approximate surface area is 83.8 Å². The number of rotatable bonds is 3. The minimum absolute atomic E-state index is 0.830. The van der Waals surface area contributed by atoms with E-state index in [0.29, 0.717) is 0 Å². The van der Waals surface area contributed by atoms with Crippen LogP contribution >= 0.6 is 0 Å². The van der Waals surface area contributed by atoms with Crippen molar-refractivity contribution in [2.75, 3.05) is 12.5 Å². The van der Waals surface area contributed by atoms with Crippen LogP contribution in [0.3, 0.4) is 0 Å². The smallest absolute Gasteiger partial charge is 0.143 e. The molecule has 0 bridgehead atoms. The van der Waals surface area contributed by atoms with Gasteiger partial charge in [-0.2, -0.15) is 5.10 Å². The van der Waals surface area contributed by atoms with Gasteiger partial charge in [0, 0.05) is 5.71 Å². The summed E-state index contributed by atoms with van der Waals surface area (Å²) in [7, 11) is 1.66. The Balaban J connectivity index is 2.07. The van der Waals surface area contributed by atoms with Crippen molar-refractivity contribution in [1.82, 2.24) is 0 Å². The average Bonchev–Trinajstić information content (AvgIpc) is 2.16.